The molecule has 2 heteroatoms. The molecule has 0 spiro atoms. The molecule has 0 atom stereocenters. The first-order valence-corrected chi connectivity index (χ1v) is 4.00. The largest absolute Gasteiger partial charge is 0.500 e. The number of nitriles is 1. The minimum Gasteiger partial charge on any atom is -0.500 e. The molecule has 0 heterocycles. The van der Waals surface area contributed by atoms with Gasteiger partial charge in [-0.15, -0.1) is 0 Å². The summed E-state index contributed by atoms with van der Waals surface area (Å²) in [5, 5.41) is 8.89. The average Bonchev–Trinajstić information content (AvgIpc) is 2.20. The van der Waals surface area contributed by atoms with E-state index in [2.05, 4.69) is 6.07 Å². The van der Waals surface area contributed by atoms with Crippen LogP contribution in [0, 0.1) is 11.3 Å². The minimum atomic E-state index is 0.586. The van der Waals surface area contributed by atoms with E-state index in [9.17, 15) is 0 Å². The van der Waals surface area contributed by atoms with Crippen molar-refractivity contribution in [3.8, 4) is 6.07 Å². The quantitative estimate of drug-likeness (QED) is 0.508. The van der Waals surface area contributed by atoms with Crippen LogP contribution in [0.15, 0.2) is 36.1 Å². The van der Waals surface area contributed by atoms with Gasteiger partial charge in [-0.1, -0.05) is 30.3 Å². The van der Waals surface area contributed by atoms with Gasteiger partial charge in [0.2, 0.25) is 0 Å². The Bertz CT molecular complexity index is 346. The summed E-state index contributed by atoms with van der Waals surface area (Å²) in [6.45, 7) is 1.78. The second-order valence-electron chi connectivity index (χ2n) is 2.61. The smallest absolute Gasteiger partial charge is 0.111 e. The van der Waals surface area contributed by atoms with Crippen LogP contribution in [0.2, 0.25) is 0 Å². The molecule has 13 heavy (non-hydrogen) atoms. The highest BCUT2D eigenvalue weighted by Gasteiger charge is 2.03. The summed E-state index contributed by atoms with van der Waals surface area (Å²) in [5.41, 5.74) is 1.48. The Labute approximate surface area is 78.1 Å². The summed E-state index contributed by atoms with van der Waals surface area (Å²) in [5.74, 6) is 0.647. The van der Waals surface area contributed by atoms with E-state index in [4.69, 9.17) is 10.00 Å². The fourth-order valence-corrected chi connectivity index (χ4v) is 1.05. The molecule has 0 saturated heterocycles. The van der Waals surface area contributed by atoms with Gasteiger partial charge in [0.15, 0.2) is 0 Å². The number of ether oxygens (including phenoxy) is 1. The van der Waals surface area contributed by atoms with Crippen LogP contribution >= 0.6 is 0 Å². The van der Waals surface area contributed by atoms with Crippen LogP contribution in [0.5, 0.6) is 0 Å². The molecule has 1 aromatic rings. The maximum atomic E-state index is 8.89. The Morgan fingerprint density at radius 1 is 1.31 bits per heavy atom. The predicted octanol–water partition coefficient (Wildman–Crippen LogP) is 2.59. The maximum Gasteiger partial charge on any atom is 0.111 e. The molecule has 0 bridgehead atoms. The molecule has 0 saturated carbocycles. The van der Waals surface area contributed by atoms with Crippen molar-refractivity contribution in [1.82, 2.24) is 0 Å². The van der Waals surface area contributed by atoms with Gasteiger partial charge in [0, 0.05) is 0 Å². The maximum absolute atomic E-state index is 8.89. The highest BCUT2D eigenvalue weighted by atomic mass is 16.5. The van der Waals surface area contributed by atoms with Crippen molar-refractivity contribution in [2.75, 3.05) is 7.11 Å². The van der Waals surface area contributed by atoms with Crippen molar-refractivity contribution < 1.29 is 4.74 Å². The number of methoxy groups -OCH3 is 1. The number of hydrogen-bond acceptors (Lipinski definition) is 2. The Kier molecular flexibility index (Phi) is 3.10. The first kappa shape index (κ1) is 9.34. The molecule has 0 aromatic heterocycles. The second kappa shape index (κ2) is 4.32. The number of hydrogen-bond donors (Lipinski definition) is 0. The van der Waals surface area contributed by atoms with Crippen molar-refractivity contribution in [1.29, 1.82) is 5.26 Å². The van der Waals surface area contributed by atoms with E-state index < -0.39 is 0 Å². The summed E-state index contributed by atoms with van der Waals surface area (Å²) < 4.78 is 5.01. The molecule has 0 aliphatic carbocycles. The summed E-state index contributed by atoms with van der Waals surface area (Å²) in [6, 6.07) is 11.6. The molecule has 0 aliphatic heterocycles. The zero-order valence-corrected chi connectivity index (χ0v) is 7.74. The molecular weight excluding hydrogens is 162 g/mol. The monoisotopic (exact) mass is 173 g/mol. The zero-order valence-electron chi connectivity index (χ0n) is 7.74. The van der Waals surface area contributed by atoms with E-state index >= 15 is 0 Å². The van der Waals surface area contributed by atoms with Gasteiger partial charge < -0.3 is 4.74 Å². The van der Waals surface area contributed by atoms with Crippen molar-refractivity contribution in [3.63, 3.8) is 0 Å². The molecule has 2 nitrogen and oxygen atoms in total. The Morgan fingerprint density at radius 2 is 1.92 bits per heavy atom. The van der Waals surface area contributed by atoms with Gasteiger partial charge in [0.25, 0.3) is 0 Å². The number of allylic oxidation sites excluding steroid dienone is 2. The van der Waals surface area contributed by atoms with Crippen molar-refractivity contribution >= 4 is 5.57 Å². The summed E-state index contributed by atoms with van der Waals surface area (Å²) >= 11 is 0. The van der Waals surface area contributed by atoms with E-state index in [1.54, 1.807) is 14.0 Å². The molecule has 0 N–H and O–H groups in total. The van der Waals surface area contributed by atoms with Gasteiger partial charge in [-0.3, -0.25) is 0 Å². The summed E-state index contributed by atoms with van der Waals surface area (Å²) in [6.07, 6.45) is 0. The first-order chi connectivity index (χ1) is 6.29. The third kappa shape index (κ3) is 2.09. The lowest BCUT2D eigenvalue weighted by Crippen LogP contribution is -1.88. The zero-order chi connectivity index (χ0) is 9.68. The van der Waals surface area contributed by atoms with E-state index in [1.807, 2.05) is 30.3 Å². The second-order valence-corrected chi connectivity index (χ2v) is 2.61. The predicted molar refractivity (Wildman–Crippen MR) is 51.7 cm³/mol. The van der Waals surface area contributed by atoms with Gasteiger partial charge in [-0.2, -0.15) is 5.26 Å². The molecule has 66 valence electrons. The number of benzene rings is 1. The van der Waals surface area contributed by atoms with Gasteiger partial charge in [-0.25, -0.2) is 0 Å². The minimum absolute atomic E-state index is 0.586. The van der Waals surface area contributed by atoms with E-state index in [0.29, 0.717) is 11.3 Å². The standard InChI is InChI=1S/C11H11NO/c1-9(13-2)11(8-12)10-6-4-3-5-7-10/h3-7H,1-2H3. The lowest BCUT2D eigenvalue weighted by atomic mass is 10.1. The fraction of sp³-hybridized carbons (Fsp3) is 0.182. The molecule has 1 aromatic carbocycles. The SMILES string of the molecule is COC(C)=C(C#N)c1ccccc1. The van der Waals surface area contributed by atoms with E-state index in [-0.39, 0.29) is 0 Å². The van der Waals surface area contributed by atoms with Crippen LogP contribution in [0.1, 0.15) is 12.5 Å². The third-order valence-electron chi connectivity index (χ3n) is 1.83. The van der Waals surface area contributed by atoms with Crippen LogP contribution in [0.4, 0.5) is 0 Å². The summed E-state index contributed by atoms with van der Waals surface area (Å²) in [4.78, 5) is 0. The molecule has 0 aliphatic rings. The van der Waals surface area contributed by atoms with Crippen LogP contribution < -0.4 is 0 Å². The Morgan fingerprint density at radius 3 is 2.38 bits per heavy atom. The lowest BCUT2D eigenvalue weighted by molar-refractivity contribution is 0.296. The lowest BCUT2D eigenvalue weighted by Gasteiger charge is -2.03. The van der Waals surface area contributed by atoms with Crippen LogP contribution in [-0.2, 0) is 4.74 Å². The molecule has 0 amide bonds. The van der Waals surface area contributed by atoms with E-state index in [1.165, 1.54) is 0 Å². The molecular formula is C11H11NO. The normalized spacial score (nSPS) is 11.5. The molecule has 0 radical (unpaired) electrons. The molecule has 0 fully saturated rings. The Balaban J connectivity index is 3.15. The number of rotatable bonds is 2. The van der Waals surface area contributed by atoms with Crippen LogP contribution in [0.25, 0.3) is 5.57 Å². The Hall–Kier alpha value is -1.75. The van der Waals surface area contributed by atoms with E-state index in [0.717, 1.165) is 5.56 Å². The van der Waals surface area contributed by atoms with Crippen molar-refractivity contribution in [3.05, 3.63) is 41.7 Å². The third-order valence-corrected chi connectivity index (χ3v) is 1.83. The van der Waals surface area contributed by atoms with Gasteiger partial charge in [0.1, 0.15) is 11.8 Å². The topological polar surface area (TPSA) is 33.0 Å². The molecule has 1 rings (SSSR count). The van der Waals surface area contributed by atoms with Gasteiger partial charge in [0.05, 0.1) is 12.7 Å². The number of nitrogens with zero attached hydrogens (tertiary/aromatic N) is 1. The fourth-order valence-electron chi connectivity index (χ4n) is 1.05. The average molecular weight is 173 g/mol. The first-order valence-electron chi connectivity index (χ1n) is 4.00. The summed E-state index contributed by atoms with van der Waals surface area (Å²) in [7, 11) is 1.57. The van der Waals surface area contributed by atoms with Gasteiger partial charge in [-0.05, 0) is 12.5 Å². The van der Waals surface area contributed by atoms with Gasteiger partial charge >= 0.3 is 0 Å². The molecule has 0 unspecified atom stereocenters. The highest BCUT2D eigenvalue weighted by Crippen LogP contribution is 2.17. The van der Waals surface area contributed by atoms with Crippen molar-refractivity contribution in [2.45, 2.75) is 6.92 Å². The highest BCUT2D eigenvalue weighted by molar-refractivity contribution is 5.77. The van der Waals surface area contributed by atoms with Crippen LogP contribution in [-0.4, -0.2) is 7.11 Å². The van der Waals surface area contributed by atoms with Crippen molar-refractivity contribution in [2.24, 2.45) is 0 Å². The van der Waals surface area contributed by atoms with Crippen LogP contribution in [0.3, 0.4) is 0 Å².